The third-order valence-corrected chi connectivity index (χ3v) is 12.4. The number of para-hydroxylation sites is 2. The van der Waals surface area contributed by atoms with Crippen molar-refractivity contribution in [1.29, 1.82) is 0 Å². The zero-order chi connectivity index (χ0) is 43.1. The average Bonchev–Trinajstić information content (AvgIpc) is 3.62. The normalized spacial score (nSPS) is 17.8. The summed E-state index contributed by atoms with van der Waals surface area (Å²) in [5.74, 6) is -0.550. The van der Waals surface area contributed by atoms with Crippen molar-refractivity contribution in [1.82, 2.24) is 4.90 Å². The highest BCUT2D eigenvalue weighted by Gasteiger charge is 2.39. The van der Waals surface area contributed by atoms with E-state index in [0.717, 1.165) is 45.1 Å². The van der Waals surface area contributed by atoms with Crippen LogP contribution in [0.25, 0.3) is 0 Å². The van der Waals surface area contributed by atoms with Crippen LogP contribution in [-0.2, 0) is 35.8 Å². The number of allylic oxidation sites excluding steroid dienone is 9. The molecule has 0 spiro atoms. The van der Waals surface area contributed by atoms with Crippen LogP contribution in [0.4, 0.5) is 16.2 Å². The van der Waals surface area contributed by atoms with Crippen LogP contribution in [-0.4, -0.2) is 74.2 Å². The summed E-state index contributed by atoms with van der Waals surface area (Å²) in [6.45, 7) is 17.4. The summed E-state index contributed by atoms with van der Waals surface area (Å²) in [6, 6.07) is 16.3. The number of hydrogen-bond acceptors (Lipinski definition) is 8. The van der Waals surface area contributed by atoms with Crippen molar-refractivity contribution < 1.29 is 35.5 Å². The molecule has 58 heavy (non-hydrogen) atoms. The van der Waals surface area contributed by atoms with E-state index in [1.165, 1.54) is 5.56 Å². The van der Waals surface area contributed by atoms with Gasteiger partial charge in [-0.05, 0) is 112 Å². The topological polar surface area (TPSA) is 154 Å². The van der Waals surface area contributed by atoms with Gasteiger partial charge in [-0.1, -0.05) is 88.4 Å². The highest BCUT2D eigenvalue weighted by molar-refractivity contribution is 7.86. The molecule has 1 aliphatic heterocycles. The monoisotopic (exact) mass is 837 g/mol. The second-order valence-corrected chi connectivity index (χ2v) is 20.3. The quantitative estimate of drug-likeness (QED) is 0.0797. The average molecular weight is 838 g/mol. The van der Waals surface area contributed by atoms with Crippen molar-refractivity contribution in [2.24, 2.45) is 0 Å². The van der Waals surface area contributed by atoms with Crippen LogP contribution >= 0.6 is 0 Å². The maximum atomic E-state index is 13.6. The Hall–Kier alpha value is -4.17. The fraction of sp³-hybridized carbons (Fsp3) is 0.489. The highest BCUT2D eigenvalue weighted by atomic mass is 32.2. The number of nitrogens with one attached hydrogen (secondary N) is 1. The molecule has 0 saturated heterocycles. The minimum atomic E-state index is -4.05. The van der Waals surface area contributed by atoms with Gasteiger partial charge in [0.15, 0.2) is 0 Å². The molecule has 1 aliphatic carbocycles. The van der Waals surface area contributed by atoms with Gasteiger partial charge in [0, 0.05) is 48.0 Å². The van der Waals surface area contributed by atoms with E-state index < -0.39 is 37.3 Å². The molecule has 1 heterocycles. The van der Waals surface area contributed by atoms with Gasteiger partial charge in [0.2, 0.25) is 0 Å². The Labute approximate surface area is 347 Å². The van der Waals surface area contributed by atoms with E-state index in [0.29, 0.717) is 51.6 Å². The Morgan fingerprint density at radius 3 is 2.16 bits per heavy atom. The van der Waals surface area contributed by atoms with E-state index in [4.69, 9.17) is 9.29 Å². The first-order valence-corrected chi connectivity index (χ1v) is 23.3. The number of carbonyl (C=O) groups is 1. The summed E-state index contributed by atoms with van der Waals surface area (Å²) in [4.78, 5) is 17.5. The van der Waals surface area contributed by atoms with E-state index in [1.807, 2.05) is 58.0 Å². The summed E-state index contributed by atoms with van der Waals surface area (Å²) in [5.41, 5.74) is 7.67. The van der Waals surface area contributed by atoms with Gasteiger partial charge in [-0.2, -0.15) is 16.8 Å². The number of hydrogen-bond donors (Lipinski definition) is 3. The Morgan fingerprint density at radius 1 is 0.897 bits per heavy atom. The molecule has 13 heteroatoms. The molecule has 0 unspecified atom stereocenters. The summed E-state index contributed by atoms with van der Waals surface area (Å²) < 4.78 is 69.5. The van der Waals surface area contributed by atoms with Crippen LogP contribution in [0.3, 0.4) is 0 Å². The Kier molecular flexibility index (Phi) is 15.1. The SMILES string of the molecule is C/C=C(/C=C/C1=C(N(C)C(=O)OC(C)(C)C)C(=C/C=C2/N(CCCCS(=O)(=O)O)c3ccccc3C2(C)C)/CC1)C(C)(C)c1ccccc1NCCCCS(=O)(=O)O. The van der Waals surface area contributed by atoms with Crippen molar-refractivity contribution >= 4 is 37.7 Å². The zero-order valence-electron chi connectivity index (χ0n) is 35.6. The molecule has 4 rings (SSSR count). The molecule has 2 aliphatic rings. The van der Waals surface area contributed by atoms with E-state index in [1.54, 1.807) is 11.9 Å². The third kappa shape index (κ3) is 12.2. The number of likely N-dealkylation sites (N-methyl/N-ethyl adjacent to an activating group) is 1. The summed E-state index contributed by atoms with van der Waals surface area (Å²) >= 11 is 0. The molecule has 0 fully saturated rings. The number of rotatable bonds is 17. The second-order valence-electron chi connectivity index (χ2n) is 17.1. The number of carbonyl (C=O) groups excluding carboxylic acids is 1. The molecule has 3 N–H and O–H groups in total. The lowest BCUT2D eigenvalue weighted by Crippen LogP contribution is -2.34. The maximum absolute atomic E-state index is 13.6. The summed E-state index contributed by atoms with van der Waals surface area (Å²) in [7, 11) is -6.29. The van der Waals surface area contributed by atoms with Gasteiger partial charge in [-0.15, -0.1) is 0 Å². The largest absolute Gasteiger partial charge is 0.443 e. The standard InChI is InChI=1S/C45H63N3O8S2/c1-10-35(44(5,6)36-19-11-13-21-38(36)46-29-15-17-31-57(50,51)52)27-25-33-23-24-34(41(33)47(9)42(49)56-43(2,3)4)26-28-40-45(7,8)37-20-12-14-22-39(37)48(40)30-16-18-32-58(53,54)55/h10-14,19-22,25-28,46H,15-18,23-24,29-32H2,1-9H3,(H,50,51,52)(H,53,54,55)/b27-25+,34-26+,35-10-,40-28+. The molecule has 0 bridgehead atoms. The molecular weight excluding hydrogens is 775 g/mol. The molecule has 11 nitrogen and oxygen atoms in total. The van der Waals surface area contributed by atoms with Crippen molar-refractivity contribution in [3.8, 4) is 0 Å². The predicted octanol–water partition coefficient (Wildman–Crippen LogP) is 9.74. The number of nitrogens with zero attached hydrogens (tertiary/aromatic N) is 2. The highest BCUT2D eigenvalue weighted by Crippen LogP contribution is 2.48. The molecule has 0 aromatic heterocycles. The Balaban J connectivity index is 1.71. The van der Waals surface area contributed by atoms with Gasteiger partial charge in [-0.3, -0.25) is 14.0 Å². The van der Waals surface area contributed by atoms with E-state index in [9.17, 15) is 26.2 Å². The van der Waals surface area contributed by atoms with Gasteiger partial charge in [0.25, 0.3) is 20.2 Å². The lowest BCUT2D eigenvalue weighted by Gasteiger charge is -2.30. The minimum Gasteiger partial charge on any atom is -0.443 e. The first kappa shape index (κ1) is 46.5. The number of amides is 1. The van der Waals surface area contributed by atoms with Crippen molar-refractivity contribution in [2.45, 2.75) is 110 Å². The molecule has 0 saturated carbocycles. The van der Waals surface area contributed by atoms with Gasteiger partial charge in [0.1, 0.15) is 5.60 Å². The number of fused-ring (bicyclic) bond motifs is 1. The van der Waals surface area contributed by atoms with Gasteiger partial charge in [-0.25, -0.2) is 4.79 Å². The first-order chi connectivity index (χ1) is 27.0. The number of anilines is 2. The van der Waals surface area contributed by atoms with Crippen molar-refractivity contribution in [3.05, 3.63) is 118 Å². The molecule has 0 radical (unpaired) electrons. The smallest absolute Gasteiger partial charge is 0.414 e. The first-order valence-electron chi connectivity index (χ1n) is 20.0. The van der Waals surface area contributed by atoms with E-state index in [2.05, 4.69) is 86.5 Å². The molecule has 1 amide bonds. The van der Waals surface area contributed by atoms with Crippen molar-refractivity contribution in [2.75, 3.05) is 41.9 Å². The van der Waals surface area contributed by atoms with Crippen molar-refractivity contribution in [3.63, 3.8) is 0 Å². The fourth-order valence-corrected chi connectivity index (χ4v) is 8.97. The van der Waals surface area contributed by atoms with Crippen LogP contribution in [0.5, 0.6) is 0 Å². The third-order valence-electron chi connectivity index (χ3n) is 10.8. The van der Waals surface area contributed by atoms with Crippen LogP contribution in [0.1, 0.15) is 105 Å². The molecule has 2 aromatic rings. The molecular formula is C45H63N3O8S2. The van der Waals surface area contributed by atoms with E-state index >= 15 is 0 Å². The van der Waals surface area contributed by atoms with Crippen LogP contribution in [0, 0.1) is 0 Å². The maximum Gasteiger partial charge on any atom is 0.414 e. The minimum absolute atomic E-state index is 0.267. The Bertz CT molecular complexity index is 2190. The summed E-state index contributed by atoms with van der Waals surface area (Å²) in [5, 5.41) is 3.47. The lowest BCUT2D eigenvalue weighted by molar-refractivity contribution is 0.0356. The Morgan fingerprint density at radius 2 is 1.52 bits per heavy atom. The number of unbranched alkanes of at least 4 members (excludes halogenated alkanes) is 2. The zero-order valence-corrected chi connectivity index (χ0v) is 37.3. The van der Waals surface area contributed by atoms with Crippen LogP contribution < -0.4 is 10.2 Å². The predicted molar refractivity (Wildman–Crippen MR) is 235 cm³/mol. The van der Waals surface area contributed by atoms with E-state index in [-0.39, 0.29) is 16.9 Å². The number of benzene rings is 2. The second kappa shape index (κ2) is 18.8. The fourth-order valence-electron chi connectivity index (χ4n) is 7.83. The summed E-state index contributed by atoms with van der Waals surface area (Å²) in [6.07, 6.45) is 13.3. The lowest BCUT2D eigenvalue weighted by atomic mass is 9.76. The number of ether oxygens (including phenoxy) is 1. The molecule has 0 atom stereocenters. The molecule has 318 valence electrons. The van der Waals surface area contributed by atoms with Crippen LogP contribution in [0.15, 0.2) is 107 Å². The molecule has 2 aromatic carbocycles. The van der Waals surface area contributed by atoms with Crippen LogP contribution in [0.2, 0.25) is 0 Å². The van der Waals surface area contributed by atoms with Gasteiger partial charge >= 0.3 is 6.09 Å². The van der Waals surface area contributed by atoms with Gasteiger partial charge in [0.05, 0.1) is 17.2 Å². The van der Waals surface area contributed by atoms with Gasteiger partial charge < -0.3 is 15.0 Å².